The van der Waals surface area contributed by atoms with Crippen LogP contribution in [0, 0.1) is 24.6 Å². The zero-order valence-electron chi connectivity index (χ0n) is 15.7. The highest BCUT2D eigenvalue weighted by molar-refractivity contribution is 6.19. The maximum Gasteiger partial charge on any atom is 0.165 e. The summed E-state index contributed by atoms with van der Waals surface area (Å²) in [6.45, 7) is 6.44. The molecular formula is C22H25FN2O. The molecule has 0 radical (unpaired) electrons. The van der Waals surface area contributed by atoms with Crippen LogP contribution in [0.3, 0.4) is 0 Å². The maximum absolute atomic E-state index is 13.6. The molecule has 3 aromatic rings. The van der Waals surface area contributed by atoms with Gasteiger partial charge in [0.05, 0.1) is 16.9 Å². The number of halogens is 1. The number of hydrogen-bond donors (Lipinski definition) is 1. The van der Waals surface area contributed by atoms with Crippen LogP contribution in [0.5, 0.6) is 0 Å². The molecule has 1 aliphatic carbocycles. The number of fused-ring (bicyclic) bond motifs is 5. The molecule has 2 aromatic heterocycles. The van der Waals surface area contributed by atoms with E-state index in [0.717, 1.165) is 51.6 Å². The molecule has 4 heteroatoms. The lowest BCUT2D eigenvalue weighted by Gasteiger charge is -2.24. The summed E-state index contributed by atoms with van der Waals surface area (Å²) in [4.78, 5) is 21.0. The van der Waals surface area contributed by atoms with Crippen molar-refractivity contribution in [3.63, 3.8) is 0 Å². The maximum atomic E-state index is 13.6. The summed E-state index contributed by atoms with van der Waals surface area (Å²) in [5, 5.41) is 1.84. The van der Waals surface area contributed by atoms with Crippen molar-refractivity contribution in [3.05, 3.63) is 41.0 Å². The first kappa shape index (κ1) is 17.2. The van der Waals surface area contributed by atoms with E-state index in [0.29, 0.717) is 18.3 Å². The molecule has 26 heavy (non-hydrogen) atoms. The number of pyridine rings is 1. The van der Waals surface area contributed by atoms with E-state index >= 15 is 0 Å². The van der Waals surface area contributed by atoms with Gasteiger partial charge in [0.25, 0.3) is 0 Å². The topological polar surface area (TPSA) is 45.8 Å². The van der Waals surface area contributed by atoms with Gasteiger partial charge in [-0.05, 0) is 49.8 Å². The number of aryl methyl sites for hydroxylation is 1. The fourth-order valence-electron chi connectivity index (χ4n) is 4.34. The Balaban J connectivity index is 1.78. The smallest absolute Gasteiger partial charge is 0.165 e. The Bertz CT molecular complexity index is 1000. The standard InChI is InChI=1S/C22H25FN2O/c1-12(2)5-4-6-14-9-18-21(19(26)10-14)20-16-8-7-15(23)11-17(16)25-22(20)13(3)24-18/h7-8,11-12,14,25H,4-6,9-10H2,1-3H3. The summed E-state index contributed by atoms with van der Waals surface area (Å²) in [5.41, 5.74) is 4.14. The number of carbonyl (C=O) groups is 1. The first-order chi connectivity index (χ1) is 12.4. The average Bonchev–Trinajstić information content (AvgIpc) is 2.93. The summed E-state index contributed by atoms with van der Waals surface area (Å²) in [6, 6.07) is 4.72. The van der Waals surface area contributed by atoms with E-state index in [1.165, 1.54) is 25.0 Å². The summed E-state index contributed by atoms with van der Waals surface area (Å²) in [5.74, 6) is 0.998. The van der Waals surface area contributed by atoms with Crippen LogP contribution in [0.25, 0.3) is 21.8 Å². The molecule has 1 unspecified atom stereocenters. The molecule has 1 aliphatic rings. The molecule has 0 amide bonds. The van der Waals surface area contributed by atoms with Crippen LogP contribution in [0.1, 0.15) is 61.3 Å². The Hall–Kier alpha value is -2.23. The van der Waals surface area contributed by atoms with E-state index in [9.17, 15) is 9.18 Å². The molecule has 0 aliphatic heterocycles. The summed E-state index contributed by atoms with van der Waals surface area (Å²) >= 11 is 0. The van der Waals surface area contributed by atoms with Crippen molar-refractivity contribution in [2.45, 2.75) is 52.9 Å². The van der Waals surface area contributed by atoms with E-state index in [4.69, 9.17) is 4.98 Å². The SMILES string of the molecule is Cc1nc2c(c3c1[nH]c1cc(F)ccc13)C(=O)CC(CCCC(C)C)C2. The number of ketones is 1. The molecule has 2 heterocycles. The average molecular weight is 352 g/mol. The number of aromatic nitrogens is 2. The highest BCUT2D eigenvalue weighted by Gasteiger charge is 2.30. The lowest BCUT2D eigenvalue weighted by Crippen LogP contribution is -2.22. The van der Waals surface area contributed by atoms with Gasteiger partial charge in [-0.25, -0.2) is 4.39 Å². The number of carbonyl (C=O) groups excluding carboxylic acids is 1. The van der Waals surface area contributed by atoms with Crippen LogP contribution in [-0.2, 0) is 6.42 Å². The van der Waals surface area contributed by atoms with Gasteiger partial charge in [0.1, 0.15) is 5.82 Å². The Morgan fingerprint density at radius 3 is 2.88 bits per heavy atom. The van der Waals surface area contributed by atoms with Crippen molar-refractivity contribution >= 4 is 27.6 Å². The van der Waals surface area contributed by atoms with Crippen molar-refractivity contribution < 1.29 is 9.18 Å². The van der Waals surface area contributed by atoms with Crippen molar-refractivity contribution in [1.29, 1.82) is 0 Å². The Morgan fingerprint density at radius 1 is 1.31 bits per heavy atom. The van der Waals surface area contributed by atoms with E-state index in [-0.39, 0.29) is 11.6 Å². The highest BCUT2D eigenvalue weighted by atomic mass is 19.1. The van der Waals surface area contributed by atoms with E-state index < -0.39 is 0 Å². The third kappa shape index (κ3) is 2.91. The molecule has 4 rings (SSSR count). The van der Waals surface area contributed by atoms with Gasteiger partial charge in [-0.3, -0.25) is 9.78 Å². The van der Waals surface area contributed by atoms with Crippen LogP contribution in [0.2, 0.25) is 0 Å². The fraction of sp³-hybridized carbons (Fsp3) is 0.455. The monoisotopic (exact) mass is 352 g/mol. The molecule has 3 nitrogen and oxygen atoms in total. The van der Waals surface area contributed by atoms with Crippen LogP contribution in [-0.4, -0.2) is 15.8 Å². The Kier molecular flexibility index (Phi) is 4.29. The number of rotatable bonds is 4. The van der Waals surface area contributed by atoms with Gasteiger partial charge < -0.3 is 4.98 Å². The molecule has 1 N–H and O–H groups in total. The van der Waals surface area contributed by atoms with Gasteiger partial charge in [0.15, 0.2) is 5.78 Å². The summed E-state index contributed by atoms with van der Waals surface area (Å²) in [6.07, 6.45) is 4.92. The second-order valence-electron chi connectivity index (χ2n) is 8.11. The van der Waals surface area contributed by atoms with Gasteiger partial charge in [-0.15, -0.1) is 0 Å². The molecule has 0 saturated heterocycles. The molecule has 1 aromatic carbocycles. The van der Waals surface area contributed by atoms with Gasteiger partial charge in [-0.1, -0.05) is 26.7 Å². The number of aromatic amines is 1. The summed E-state index contributed by atoms with van der Waals surface area (Å²) < 4.78 is 13.6. The van der Waals surface area contributed by atoms with Crippen LogP contribution in [0.4, 0.5) is 4.39 Å². The third-order valence-corrected chi connectivity index (χ3v) is 5.59. The van der Waals surface area contributed by atoms with Crippen molar-refractivity contribution in [2.75, 3.05) is 0 Å². The quantitative estimate of drug-likeness (QED) is 0.651. The minimum Gasteiger partial charge on any atom is -0.353 e. The van der Waals surface area contributed by atoms with Gasteiger partial charge in [-0.2, -0.15) is 0 Å². The second kappa shape index (κ2) is 6.49. The number of nitrogens with one attached hydrogen (secondary N) is 1. The first-order valence-electron chi connectivity index (χ1n) is 9.57. The molecule has 0 saturated carbocycles. The van der Waals surface area contributed by atoms with Crippen molar-refractivity contribution in [1.82, 2.24) is 9.97 Å². The third-order valence-electron chi connectivity index (χ3n) is 5.59. The number of hydrogen-bond acceptors (Lipinski definition) is 2. The predicted octanol–water partition coefficient (Wildman–Crippen LogP) is 5.74. The lowest BCUT2D eigenvalue weighted by molar-refractivity contribution is 0.0945. The fourth-order valence-corrected chi connectivity index (χ4v) is 4.34. The number of H-pyrrole nitrogens is 1. The zero-order chi connectivity index (χ0) is 18.4. The van der Waals surface area contributed by atoms with Gasteiger partial charge in [0.2, 0.25) is 0 Å². The first-order valence-corrected chi connectivity index (χ1v) is 9.57. The lowest BCUT2D eigenvalue weighted by atomic mass is 9.81. The second-order valence-corrected chi connectivity index (χ2v) is 8.11. The molecular weight excluding hydrogens is 327 g/mol. The van der Waals surface area contributed by atoms with Crippen molar-refractivity contribution in [2.24, 2.45) is 11.8 Å². The summed E-state index contributed by atoms with van der Waals surface area (Å²) in [7, 11) is 0. The Morgan fingerprint density at radius 2 is 2.12 bits per heavy atom. The number of Topliss-reactive ketones (excluding diaryl/α,β-unsaturated/α-hetero) is 1. The molecule has 1 atom stereocenters. The van der Waals surface area contributed by atoms with E-state index in [1.54, 1.807) is 6.07 Å². The van der Waals surface area contributed by atoms with Crippen LogP contribution < -0.4 is 0 Å². The van der Waals surface area contributed by atoms with E-state index in [1.807, 2.05) is 6.92 Å². The number of benzene rings is 1. The zero-order valence-corrected chi connectivity index (χ0v) is 15.7. The molecule has 0 fully saturated rings. The predicted molar refractivity (Wildman–Crippen MR) is 103 cm³/mol. The van der Waals surface area contributed by atoms with E-state index in [2.05, 4.69) is 18.8 Å². The normalized spacial score (nSPS) is 17.4. The van der Waals surface area contributed by atoms with Crippen LogP contribution >= 0.6 is 0 Å². The Labute approximate surface area is 153 Å². The van der Waals surface area contributed by atoms with Gasteiger partial charge >= 0.3 is 0 Å². The largest absolute Gasteiger partial charge is 0.353 e. The van der Waals surface area contributed by atoms with Crippen molar-refractivity contribution in [3.8, 4) is 0 Å². The number of nitrogens with zero attached hydrogens (tertiary/aromatic N) is 1. The van der Waals surface area contributed by atoms with Crippen LogP contribution in [0.15, 0.2) is 18.2 Å². The molecule has 0 spiro atoms. The highest BCUT2D eigenvalue weighted by Crippen LogP contribution is 2.37. The molecule has 0 bridgehead atoms. The molecule has 136 valence electrons. The minimum atomic E-state index is -0.278. The minimum absolute atomic E-state index is 0.184. The van der Waals surface area contributed by atoms with Gasteiger partial charge in [0, 0.05) is 28.3 Å².